The van der Waals surface area contributed by atoms with Gasteiger partial charge in [-0.25, -0.2) is 0 Å². The highest BCUT2D eigenvalue weighted by Gasteiger charge is 2.24. The Labute approximate surface area is 105 Å². The first-order valence-corrected chi connectivity index (χ1v) is 4.68. The van der Waals surface area contributed by atoms with Gasteiger partial charge in [-0.05, 0) is 12.1 Å². The second kappa shape index (κ2) is 5.56. The molecule has 0 aliphatic rings. The maximum atomic E-state index is 13.4. The molecule has 0 aliphatic heterocycles. The highest BCUT2D eigenvalue weighted by atomic mass is 19.1. The van der Waals surface area contributed by atoms with Crippen LogP contribution in [0.2, 0.25) is 0 Å². The zero-order chi connectivity index (χ0) is 14.6. The summed E-state index contributed by atoms with van der Waals surface area (Å²) in [5, 5.41) is 27.7. The summed E-state index contributed by atoms with van der Waals surface area (Å²) in [6.45, 7) is 0. The Bertz CT molecular complexity index is 617. The maximum Gasteiger partial charge on any atom is 0.340 e. The Hall–Kier alpha value is -3.00. The lowest BCUT2D eigenvalue weighted by Gasteiger charge is -2.07. The SMILES string of the molecule is COC(=C(C#N)C#N)c1cc(F)c([N+](=O)[O-])c(F)c1. The number of nitrogens with zero attached hydrogens (tertiary/aromatic N) is 3. The minimum Gasteiger partial charge on any atom is -0.494 e. The van der Waals surface area contributed by atoms with Gasteiger partial charge in [0.05, 0.1) is 12.0 Å². The molecule has 8 heteroatoms. The summed E-state index contributed by atoms with van der Waals surface area (Å²) in [7, 11) is 1.10. The second-order valence-corrected chi connectivity index (χ2v) is 3.18. The van der Waals surface area contributed by atoms with E-state index in [1.807, 2.05) is 0 Å². The van der Waals surface area contributed by atoms with Crippen molar-refractivity contribution < 1.29 is 18.4 Å². The van der Waals surface area contributed by atoms with Crippen LogP contribution < -0.4 is 0 Å². The Kier molecular flexibility index (Phi) is 4.11. The van der Waals surface area contributed by atoms with E-state index >= 15 is 0 Å². The summed E-state index contributed by atoms with van der Waals surface area (Å²) in [4.78, 5) is 9.21. The molecule has 0 saturated carbocycles. The molecule has 0 saturated heterocycles. The van der Waals surface area contributed by atoms with Crippen molar-refractivity contribution in [3.05, 3.63) is 45.0 Å². The standard InChI is InChI=1S/C11H5F2N3O3/c1-19-11(7(4-14)5-15)6-2-8(12)10(16(17)18)9(13)3-6/h2-3H,1H3. The van der Waals surface area contributed by atoms with Gasteiger partial charge in [-0.3, -0.25) is 10.1 Å². The molecule has 0 heterocycles. The molecule has 0 aliphatic carbocycles. The molecule has 0 fully saturated rings. The van der Waals surface area contributed by atoms with E-state index in [1.54, 1.807) is 0 Å². The van der Waals surface area contributed by atoms with E-state index in [0.29, 0.717) is 12.1 Å². The smallest absolute Gasteiger partial charge is 0.340 e. The number of hydrogen-bond donors (Lipinski definition) is 0. The van der Waals surface area contributed by atoms with Crippen LogP contribution >= 0.6 is 0 Å². The van der Waals surface area contributed by atoms with E-state index in [0.717, 1.165) is 7.11 Å². The number of methoxy groups -OCH3 is 1. The van der Waals surface area contributed by atoms with Crippen LogP contribution in [-0.2, 0) is 4.74 Å². The van der Waals surface area contributed by atoms with Gasteiger partial charge in [0.15, 0.2) is 11.3 Å². The van der Waals surface area contributed by atoms with Crippen molar-refractivity contribution in [3.8, 4) is 12.1 Å². The normalized spacial score (nSPS) is 9.11. The molecule has 0 radical (unpaired) electrons. The van der Waals surface area contributed by atoms with Gasteiger partial charge in [0.25, 0.3) is 0 Å². The number of rotatable bonds is 3. The number of hydrogen-bond acceptors (Lipinski definition) is 5. The maximum absolute atomic E-state index is 13.4. The third-order valence-corrected chi connectivity index (χ3v) is 2.12. The molecule has 0 aromatic heterocycles. The number of ether oxygens (including phenoxy) is 1. The number of allylic oxidation sites excluding steroid dienone is 1. The van der Waals surface area contributed by atoms with Crippen LogP contribution in [0.4, 0.5) is 14.5 Å². The highest BCUT2D eigenvalue weighted by molar-refractivity contribution is 5.71. The van der Waals surface area contributed by atoms with Crippen molar-refractivity contribution >= 4 is 11.4 Å². The molecule has 6 nitrogen and oxygen atoms in total. The topological polar surface area (TPSA) is 99.9 Å². The van der Waals surface area contributed by atoms with E-state index in [4.69, 9.17) is 15.3 Å². The van der Waals surface area contributed by atoms with Crippen LogP contribution in [0.1, 0.15) is 5.56 Å². The number of benzene rings is 1. The Morgan fingerprint density at radius 2 is 1.79 bits per heavy atom. The summed E-state index contributed by atoms with van der Waals surface area (Å²) in [6, 6.07) is 4.22. The first-order chi connectivity index (χ1) is 8.96. The lowest BCUT2D eigenvalue weighted by Crippen LogP contribution is -2.00. The van der Waals surface area contributed by atoms with Gasteiger partial charge in [0.1, 0.15) is 12.1 Å². The molecule has 96 valence electrons. The van der Waals surface area contributed by atoms with Crippen LogP contribution in [0.5, 0.6) is 0 Å². The highest BCUT2D eigenvalue weighted by Crippen LogP contribution is 2.28. The number of halogens is 2. The third kappa shape index (κ3) is 2.64. The number of nitriles is 2. The van der Waals surface area contributed by atoms with Crippen molar-refractivity contribution in [3.63, 3.8) is 0 Å². The third-order valence-electron chi connectivity index (χ3n) is 2.12. The zero-order valence-corrected chi connectivity index (χ0v) is 9.48. The Balaban J connectivity index is 3.56. The molecule has 1 aromatic rings. The predicted molar refractivity (Wildman–Crippen MR) is 58.2 cm³/mol. The van der Waals surface area contributed by atoms with Gasteiger partial charge in [-0.1, -0.05) is 0 Å². The summed E-state index contributed by atoms with van der Waals surface area (Å²) in [6.07, 6.45) is 0. The summed E-state index contributed by atoms with van der Waals surface area (Å²) < 4.78 is 31.5. The van der Waals surface area contributed by atoms with E-state index in [1.165, 1.54) is 12.1 Å². The molecule has 0 N–H and O–H groups in total. The van der Waals surface area contributed by atoms with Crippen LogP contribution in [0.15, 0.2) is 17.7 Å². The summed E-state index contributed by atoms with van der Waals surface area (Å²) in [5.41, 5.74) is -2.09. The number of nitro groups is 1. The average Bonchev–Trinajstić information content (AvgIpc) is 2.34. The summed E-state index contributed by atoms with van der Waals surface area (Å²) >= 11 is 0. The van der Waals surface area contributed by atoms with E-state index in [-0.39, 0.29) is 11.3 Å². The van der Waals surface area contributed by atoms with E-state index in [2.05, 4.69) is 0 Å². The predicted octanol–water partition coefficient (Wildman–Crippen LogP) is 2.28. The van der Waals surface area contributed by atoms with E-state index < -0.39 is 27.8 Å². The zero-order valence-electron chi connectivity index (χ0n) is 9.48. The van der Waals surface area contributed by atoms with Crippen LogP contribution in [-0.4, -0.2) is 12.0 Å². The molecule has 1 rings (SSSR count). The lowest BCUT2D eigenvalue weighted by molar-refractivity contribution is -0.390. The quantitative estimate of drug-likeness (QED) is 0.361. The van der Waals surface area contributed by atoms with Crippen molar-refractivity contribution in [2.24, 2.45) is 0 Å². The van der Waals surface area contributed by atoms with Gasteiger partial charge in [0.2, 0.25) is 11.6 Å². The summed E-state index contributed by atoms with van der Waals surface area (Å²) in [5.74, 6) is -3.22. The first kappa shape index (κ1) is 14.1. The molecule has 0 unspecified atom stereocenters. The van der Waals surface area contributed by atoms with Crippen LogP contribution in [0, 0.1) is 44.4 Å². The molecule has 0 bridgehead atoms. The van der Waals surface area contributed by atoms with Gasteiger partial charge in [-0.2, -0.15) is 19.3 Å². The molecule has 1 aromatic carbocycles. The van der Waals surface area contributed by atoms with Crippen molar-refractivity contribution in [2.45, 2.75) is 0 Å². The molecular formula is C11H5F2N3O3. The lowest BCUT2D eigenvalue weighted by atomic mass is 10.1. The van der Waals surface area contributed by atoms with Crippen LogP contribution in [0.3, 0.4) is 0 Å². The molecule has 19 heavy (non-hydrogen) atoms. The number of nitro benzene ring substituents is 1. The fraction of sp³-hybridized carbons (Fsp3) is 0.0909. The minimum atomic E-state index is -1.43. The molecule has 0 amide bonds. The Morgan fingerprint density at radius 3 is 2.11 bits per heavy atom. The monoisotopic (exact) mass is 265 g/mol. The second-order valence-electron chi connectivity index (χ2n) is 3.18. The van der Waals surface area contributed by atoms with Gasteiger partial charge in [-0.15, -0.1) is 0 Å². The van der Waals surface area contributed by atoms with Crippen LogP contribution in [0.25, 0.3) is 5.76 Å². The van der Waals surface area contributed by atoms with Gasteiger partial charge < -0.3 is 4.74 Å². The first-order valence-electron chi connectivity index (χ1n) is 4.68. The largest absolute Gasteiger partial charge is 0.494 e. The van der Waals surface area contributed by atoms with Crippen molar-refractivity contribution in [2.75, 3.05) is 7.11 Å². The van der Waals surface area contributed by atoms with Crippen molar-refractivity contribution in [1.29, 1.82) is 10.5 Å². The van der Waals surface area contributed by atoms with E-state index in [9.17, 15) is 18.9 Å². The van der Waals surface area contributed by atoms with Gasteiger partial charge in [0, 0.05) is 5.56 Å². The minimum absolute atomic E-state index is 0.277. The van der Waals surface area contributed by atoms with Gasteiger partial charge >= 0.3 is 5.69 Å². The Morgan fingerprint density at radius 1 is 1.32 bits per heavy atom. The molecular weight excluding hydrogens is 260 g/mol. The molecule has 0 atom stereocenters. The van der Waals surface area contributed by atoms with Crippen molar-refractivity contribution in [1.82, 2.24) is 0 Å². The molecule has 0 spiro atoms. The fourth-order valence-electron chi connectivity index (χ4n) is 1.36. The fourth-order valence-corrected chi connectivity index (χ4v) is 1.36. The average molecular weight is 265 g/mol.